The van der Waals surface area contributed by atoms with Crippen LogP contribution in [0, 0.1) is 0 Å². The maximum absolute atomic E-state index is 11.1. The minimum atomic E-state index is -0.625. The minimum Gasteiger partial charge on any atom is -0.457 e. The highest BCUT2D eigenvalue weighted by atomic mass is 127. The summed E-state index contributed by atoms with van der Waals surface area (Å²) in [5.74, 6) is -0.866. The van der Waals surface area contributed by atoms with Crippen LogP contribution >= 0.6 is 22.6 Å². The number of methoxy groups -OCH3 is 1. The van der Waals surface area contributed by atoms with E-state index < -0.39 is 36.5 Å². The molecule has 1 heterocycles. The van der Waals surface area contributed by atoms with Crippen LogP contribution in [-0.2, 0) is 28.5 Å². The van der Waals surface area contributed by atoms with E-state index in [1.165, 1.54) is 21.0 Å². The van der Waals surface area contributed by atoms with E-state index in [0.717, 1.165) is 0 Å². The number of hydrogen-bond donors (Lipinski definition) is 0. The summed E-state index contributed by atoms with van der Waals surface area (Å²) in [6, 6.07) is 0. The number of carbonyl (C=O) groups excluding carboxylic acids is 2. The van der Waals surface area contributed by atoms with Crippen LogP contribution in [-0.4, -0.2) is 47.6 Å². The molecule has 0 unspecified atom stereocenters. The van der Waals surface area contributed by atoms with E-state index in [1.54, 1.807) is 6.92 Å². The Hall–Kier alpha value is -0.410. The van der Waals surface area contributed by atoms with Crippen molar-refractivity contribution in [3.05, 3.63) is 0 Å². The van der Waals surface area contributed by atoms with Gasteiger partial charge in [-0.15, -0.1) is 0 Å². The smallest absolute Gasteiger partial charge is 0.303 e. The number of ether oxygens (including phenoxy) is 4. The van der Waals surface area contributed by atoms with Gasteiger partial charge in [-0.3, -0.25) is 9.59 Å². The second kappa shape index (κ2) is 6.67. The quantitative estimate of drug-likeness (QED) is 0.419. The first-order valence-electron chi connectivity index (χ1n) is 5.53. The summed E-state index contributed by atoms with van der Waals surface area (Å²) >= 11 is 2.07. The molecule has 0 saturated carbocycles. The first-order valence-corrected chi connectivity index (χ1v) is 6.78. The SMILES string of the molecule is CO[C@@H]1O[C@@H](C)[C@H](OC(C)=O)[C@@H](OC(C)=O)[C@H]1I. The summed E-state index contributed by atoms with van der Waals surface area (Å²) < 4.78 is 20.9. The third-order valence-corrected chi connectivity index (χ3v) is 3.84. The lowest BCUT2D eigenvalue weighted by Crippen LogP contribution is -2.57. The van der Waals surface area contributed by atoms with Crippen LogP contribution < -0.4 is 0 Å². The summed E-state index contributed by atoms with van der Waals surface area (Å²) in [5.41, 5.74) is 0. The average molecular weight is 372 g/mol. The fourth-order valence-corrected chi connectivity index (χ4v) is 2.85. The lowest BCUT2D eigenvalue weighted by Gasteiger charge is -2.41. The van der Waals surface area contributed by atoms with Crippen LogP contribution in [0.25, 0.3) is 0 Å². The molecule has 5 atom stereocenters. The van der Waals surface area contributed by atoms with Crippen LogP contribution in [0.2, 0.25) is 0 Å². The molecule has 1 aliphatic heterocycles. The standard InChI is InChI=1S/C11H17IO6/c1-5-9(17-6(2)13)10(18-7(3)14)8(12)11(15-4)16-5/h5,8-11H,1-4H3/t5-,8+,9-,10-,11+/m0/s1. The van der Waals surface area contributed by atoms with Gasteiger partial charge in [0.05, 0.1) is 6.10 Å². The van der Waals surface area contributed by atoms with Crippen molar-refractivity contribution in [1.29, 1.82) is 0 Å². The number of halogens is 1. The Morgan fingerprint density at radius 2 is 1.61 bits per heavy atom. The zero-order chi connectivity index (χ0) is 13.9. The largest absolute Gasteiger partial charge is 0.457 e. The number of alkyl halides is 1. The van der Waals surface area contributed by atoms with Crippen LogP contribution in [0.5, 0.6) is 0 Å². The molecule has 1 rings (SSSR count). The van der Waals surface area contributed by atoms with Gasteiger partial charge in [0.15, 0.2) is 18.5 Å². The van der Waals surface area contributed by atoms with Crippen LogP contribution in [0.15, 0.2) is 0 Å². The van der Waals surface area contributed by atoms with Crippen LogP contribution in [0.3, 0.4) is 0 Å². The van der Waals surface area contributed by atoms with Crippen LogP contribution in [0.4, 0.5) is 0 Å². The second-order valence-electron chi connectivity index (χ2n) is 4.04. The molecule has 0 bridgehead atoms. The summed E-state index contributed by atoms with van der Waals surface area (Å²) in [6.45, 7) is 4.37. The van der Waals surface area contributed by atoms with Gasteiger partial charge in [-0.05, 0) is 6.92 Å². The highest BCUT2D eigenvalue weighted by Crippen LogP contribution is 2.31. The van der Waals surface area contributed by atoms with E-state index in [9.17, 15) is 9.59 Å². The lowest BCUT2D eigenvalue weighted by molar-refractivity contribution is -0.242. The molecule has 18 heavy (non-hydrogen) atoms. The molecule has 0 amide bonds. The summed E-state index contributed by atoms with van der Waals surface area (Å²) in [6.07, 6.45) is -2.12. The van der Waals surface area contributed by atoms with Crippen molar-refractivity contribution < 1.29 is 28.5 Å². The molecule has 0 N–H and O–H groups in total. The Morgan fingerprint density at radius 3 is 2.06 bits per heavy atom. The van der Waals surface area contributed by atoms with E-state index in [-0.39, 0.29) is 3.92 Å². The number of esters is 2. The Kier molecular flexibility index (Phi) is 5.80. The highest BCUT2D eigenvalue weighted by molar-refractivity contribution is 14.1. The third kappa shape index (κ3) is 3.79. The Balaban J connectivity index is 2.89. The third-order valence-electron chi connectivity index (χ3n) is 2.55. The van der Waals surface area contributed by atoms with Gasteiger partial charge in [0.25, 0.3) is 0 Å². The number of rotatable bonds is 3. The van der Waals surface area contributed by atoms with Gasteiger partial charge in [0.2, 0.25) is 0 Å². The zero-order valence-corrected chi connectivity index (χ0v) is 12.9. The van der Waals surface area contributed by atoms with Crippen molar-refractivity contribution in [2.24, 2.45) is 0 Å². The number of hydrogen-bond acceptors (Lipinski definition) is 6. The molecule has 0 spiro atoms. The minimum absolute atomic E-state index is 0.253. The summed E-state index contributed by atoms with van der Waals surface area (Å²) in [7, 11) is 1.51. The first-order chi connectivity index (χ1) is 8.36. The molecule has 6 nitrogen and oxygen atoms in total. The van der Waals surface area contributed by atoms with Crippen molar-refractivity contribution in [3.63, 3.8) is 0 Å². The van der Waals surface area contributed by atoms with E-state index in [2.05, 4.69) is 22.6 Å². The molecule has 1 saturated heterocycles. The van der Waals surface area contributed by atoms with Gasteiger partial charge >= 0.3 is 11.9 Å². The maximum atomic E-state index is 11.1. The maximum Gasteiger partial charge on any atom is 0.303 e. The predicted molar refractivity (Wildman–Crippen MR) is 70.3 cm³/mol. The van der Waals surface area contributed by atoms with E-state index in [1.807, 2.05) is 0 Å². The molecule has 0 aliphatic carbocycles. The predicted octanol–water partition coefficient (Wildman–Crippen LogP) is 1.04. The molecule has 0 aromatic heterocycles. The summed E-state index contributed by atoms with van der Waals surface area (Å²) in [4.78, 5) is 22.2. The van der Waals surface area contributed by atoms with Crippen molar-refractivity contribution in [1.82, 2.24) is 0 Å². The molecule has 1 fully saturated rings. The first kappa shape index (κ1) is 15.6. The topological polar surface area (TPSA) is 71.1 Å². The Morgan fingerprint density at radius 1 is 1.11 bits per heavy atom. The van der Waals surface area contributed by atoms with Crippen molar-refractivity contribution in [2.75, 3.05) is 7.11 Å². The molecule has 104 valence electrons. The van der Waals surface area contributed by atoms with Crippen molar-refractivity contribution in [3.8, 4) is 0 Å². The molecule has 7 heteroatoms. The van der Waals surface area contributed by atoms with E-state index in [0.29, 0.717) is 0 Å². The fraction of sp³-hybridized carbons (Fsp3) is 0.818. The van der Waals surface area contributed by atoms with Crippen molar-refractivity contribution in [2.45, 2.75) is 49.3 Å². The average Bonchev–Trinajstić information content (AvgIpc) is 2.27. The highest BCUT2D eigenvalue weighted by Gasteiger charge is 2.47. The van der Waals surface area contributed by atoms with Crippen LogP contribution in [0.1, 0.15) is 20.8 Å². The van der Waals surface area contributed by atoms with Crippen molar-refractivity contribution >= 4 is 34.5 Å². The van der Waals surface area contributed by atoms with Gasteiger partial charge in [-0.1, -0.05) is 22.6 Å². The molecular formula is C11H17IO6. The molecular weight excluding hydrogens is 355 g/mol. The fourth-order valence-electron chi connectivity index (χ4n) is 1.83. The molecule has 0 aromatic carbocycles. The van der Waals surface area contributed by atoms with E-state index in [4.69, 9.17) is 18.9 Å². The van der Waals surface area contributed by atoms with Gasteiger partial charge < -0.3 is 18.9 Å². The molecule has 0 radical (unpaired) electrons. The molecule has 0 aromatic rings. The van der Waals surface area contributed by atoms with Gasteiger partial charge in [-0.25, -0.2) is 0 Å². The van der Waals surface area contributed by atoms with E-state index >= 15 is 0 Å². The normalized spacial score (nSPS) is 35.9. The van der Waals surface area contributed by atoms with Gasteiger partial charge in [-0.2, -0.15) is 0 Å². The summed E-state index contributed by atoms with van der Waals surface area (Å²) in [5, 5.41) is 0. The molecule has 1 aliphatic rings. The lowest BCUT2D eigenvalue weighted by atomic mass is 10.0. The number of carbonyl (C=O) groups is 2. The Labute approximate surface area is 119 Å². The zero-order valence-electron chi connectivity index (χ0n) is 10.7. The second-order valence-corrected chi connectivity index (χ2v) is 5.48. The Bertz CT molecular complexity index is 321. The monoisotopic (exact) mass is 372 g/mol. The van der Waals surface area contributed by atoms with Gasteiger partial charge in [0, 0.05) is 21.0 Å². The van der Waals surface area contributed by atoms with Gasteiger partial charge in [0.1, 0.15) is 3.92 Å².